The standard InChI is InChI=1S/C19H26N6O2S/c1-3-8-20-18(26)13-22-9-11-23(12-10-22)15-25-19(28)24(14-21-25)16-6-4-5-7-17(16)27-2/h3-7,14H,1,8-13,15H2,2H3,(H,20,26). The van der Waals surface area contributed by atoms with Gasteiger partial charge in [0.1, 0.15) is 12.1 Å². The SMILES string of the molecule is C=CCNC(=O)CN1CCN(Cn2ncn(-c3ccccc3OC)c2=S)CC1. The molecule has 1 N–H and O–H groups in total. The van der Waals surface area contributed by atoms with Gasteiger partial charge in [-0.05, 0) is 24.4 Å². The molecule has 1 aromatic heterocycles. The highest BCUT2D eigenvalue weighted by atomic mass is 32.1. The van der Waals surface area contributed by atoms with Crippen LogP contribution in [0.3, 0.4) is 0 Å². The van der Waals surface area contributed by atoms with Crippen LogP contribution in [0, 0.1) is 4.77 Å². The minimum Gasteiger partial charge on any atom is -0.495 e. The number of nitrogens with zero attached hydrogens (tertiary/aromatic N) is 5. The first-order valence-corrected chi connectivity index (χ1v) is 9.63. The Labute approximate surface area is 170 Å². The fourth-order valence-corrected chi connectivity index (χ4v) is 3.40. The first kappa shape index (κ1) is 20.2. The van der Waals surface area contributed by atoms with Crippen LogP contribution in [0.4, 0.5) is 0 Å². The maximum atomic E-state index is 11.8. The van der Waals surface area contributed by atoms with E-state index in [1.807, 2.05) is 33.5 Å². The Hall–Kier alpha value is -2.49. The van der Waals surface area contributed by atoms with Gasteiger partial charge < -0.3 is 10.1 Å². The van der Waals surface area contributed by atoms with Crippen molar-refractivity contribution in [2.45, 2.75) is 6.67 Å². The highest BCUT2D eigenvalue weighted by Gasteiger charge is 2.20. The number of piperazine rings is 1. The Morgan fingerprint density at radius 1 is 1.29 bits per heavy atom. The topological polar surface area (TPSA) is 67.6 Å². The molecule has 0 spiro atoms. The molecule has 28 heavy (non-hydrogen) atoms. The van der Waals surface area contributed by atoms with E-state index < -0.39 is 0 Å². The summed E-state index contributed by atoms with van der Waals surface area (Å²) in [6.07, 6.45) is 3.41. The molecule has 1 aliphatic heterocycles. The molecule has 3 rings (SSSR count). The second kappa shape index (κ2) is 9.63. The van der Waals surface area contributed by atoms with Crippen LogP contribution in [0.5, 0.6) is 5.75 Å². The lowest BCUT2D eigenvalue weighted by Crippen LogP contribution is -2.49. The maximum absolute atomic E-state index is 11.8. The minimum absolute atomic E-state index is 0.0334. The number of aromatic nitrogens is 3. The third-order valence-electron chi connectivity index (χ3n) is 4.69. The lowest BCUT2D eigenvalue weighted by atomic mass is 10.3. The van der Waals surface area contributed by atoms with Gasteiger partial charge in [0, 0.05) is 32.7 Å². The van der Waals surface area contributed by atoms with Crippen LogP contribution in [-0.2, 0) is 11.5 Å². The number of hydrogen-bond acceptors (Lipinski definition) is 6. The van der Waals surface area contributed by atoms with Crippen molar-refractivity contribution in [3.8, 4) is 11.4 Å². The van der Waals surface area contributed by atoms with E-state index in [1.165, 1.54) is 0 Å². The number of carbonyl (C=O) groups excluding carboxylic acids is 1. The van der Waals surface area contributed by atoms with Gasteiger partial charge in [0.05, 0.1) is 26.0 Å². The molecule has 0 unspecified atom stereocenters. The average Bonchev–Trinajstić information content (AvgIpc) is 3.08. The van der Waals surface area contributed by atoms with Gasteiger partial charge in [0.15, 0.2) is 0 Å². The van der Waals surface area contributed by atoms with Crippen molar-refractivity contribution in [2.24, 2.45) is 0 Å². The van der Waals surface area contributed by atoms with Crippen LogP contribution in [0.2, 0.25) is 0 Å². The first-order valence-electron chi connectivity index (χ1n) is 9.22. The average molecular weight is 403 g/mol. The van der Waals surface area contributed by atoms with Crippen molar-refractivity contribution < 1.29 is 9.53 Å². The monoisotopic (exact) mass is 402 g/mol. The minimum atomic E-state index is 0.0334. The van der Waals surface area contributed by atoms with Gasteiger partial charge in [0.2, 0.25) is 10.7 Å². The molecule has 0 atom stereocenters. The van der Waals surface area contributed by atoms with Crippen LogP contribution in [0.25, 0.3) is 5.69 Å². The van der Waals surface area contributed by atoms with E-state index in [1.54, 1.807) is 19.5 Å². The van der Waals surface area contributed by atoms with Crippen molar-refractivity contribution in [1.82, 2.24) is 29.5 Å². The highest BCUT2D eigenvalue weighted by Crippen LogP contribution is 2.22. The van der Waals surface area contributed by atoms with E-state index in [2.05, 4.69) is 26.8 Å². The summed E-state index contributed by atoms with van der Waals surface area (Å²) >= 11 is 5.61. The molecule has 0 saturated carbocycles. The summed E-state index contributed by atoms with van der Waals surface area (Å²) in [4.78, 5) is 16.3. The summed E-state index contributed by atoms with van der Waals surface area (Å²) in [6, 6.07) is 7.73. The first-order chi connectivity index (χ1) is 13.6. The van der Waals surface area contributed by atoms with Gasteiger partial charge in [-0.2, -0.15) is 5.10 Å². The molecule has 150 valence electrons. The normalized spacial score (nSPS) is 15.3. The van der Waals surface area contributed by atoms with Crippen molar-refractivity contribution in [1.29, 1.82) is 0 Å². The van der Waals surface area contributed by atoms with Gasteiger partial charge in [-0.15, -0.1) is 6.58 Å². The molecule has 2 heterocycles. The number of methoxy groups -OCH3 is 1. The predicted molar refractivity (Wildman–Crippen MR) is 110 cm³/mol. The summed E-state index contributed by atoms with van der Waals surface area (Å²) in [5.41, 5.74) is 0.872. The Morgan fingerprint density at radius 2 is 2.00 bits per heavy atom. The lowest BCUT2D eigenvalue weighted by Gasteiger charge is -2.33. The van der Waals surface area contributed by atoms with Crippen LogP contribution in [0.1, 0.15) is 0 Å². The molecule has 0 radical (unpaired) electrons. The number of hydrogen-bond donors (Lipinski definition) is 1. The van der Waals surface area contributed by atoms with Crippen LogP contribution in [-0.4, -0.2) is 76.4 Å². The Morgan fingerprint density at radius 3 is 2.71 bits per heavy atom. The van der Waals surface area contributed by atoms with Crippen molar-refractivity contribution >= 4 is 18.1 Å². The number of carbonyl (C=O) groups is 1. The molecule has 1 aliphatic rings. The summed E-state index contributed by atoms with van der Waals surface area (Å²) < 4.78 is 9.71. The summed E-state index contributed by atoms with van der Waals surface area (Å²) in [7, 11) is 1.64. The van der Waals surface area contributed by atoms with E-state index in [9.17, 15) is 4.79 Å². The second-order valence-electron chi connectivity index (χ2n) is 6.58. The number of nitrogens with one attached hydrogen (secondary N) is 1. The molecule has 0 aliphatic carbocycles. The van der Waals surface area contributed by atoms with Gasteiger partial charge in [-0.1, -0.05) is 18.2 Å². The van der Waals surface area contributed by atoms with E-state index in [-0.39, 0.29) is 5.91 Å². The Bertz CT molecular complexity index is 869. The zero-order chi connectivity index (χ0) is 19.9. The van der Waals surface area contributed by atoms with Crippen LogP contribution in [0.15, 0.2) is 43.2 Å². The van der Waals surface area contributed by atoms with Gasteiger partial charge in [0.25, 0.3) is 0 Å². The van der Waals surface area contributed by atoms with E-state index in [0.717, 1.165) is 37.6 Å². The summed E-state index contributed by atoms with van der Waals surface area (Å²) in [5.74, 6) is 0.785. The number of benzene rings is 1. The molecule has 8 nitrogen and oxygen atoms in total. The number of ether oxygens (including phenoxy) is 1. The number of amides is 1. The third-order valence-corrected chi connectivity index (χ3v) is 5.10. The molecule has 1 amide bonds. The summed E-state index contributed by atoms with van der Waals surface area (Å²) in [5, 5.41) is 7.27. The van der Waals surface area contributed by atoms with Crippen LogP contribution < -0.4 is 10.1 Å². The molecule has 2 aromatic rings. The molecule has 0 bridgehead atoms. The largest absolute Gasteiger partial charge is 0.495 e. The lowest BCUT2D eigenvalue weighted by molar-refractivity contribution is -0.122. The fourth-order valence-electron chi connectivity index (χ4n) is 3.15. The molecule has 1 saturated heterocycles. The second-order valence-corrected chi connectivity index (χ2v) is 6.95. The van der Waals surface area contributed by atoms with Gasteiger partial charge in [-0.25, -0.2) is 4.68 Å². The third kappa shape index (κ3) is 4.86. The Balaban J connectivity index is 1.58. The smallest absolute Gasteiger partial charge is 0.234 e. The molecular weight excluding hydrogens is 376 g/mol. The fraction of sp³-hybridized carbons (Fsp3) is 0.421. The Kier molecular flexibility index (Phi) is 6.96. The van der Waals surface area contributed by atoms with Crippen LogP contribution >= 0.6 is 12.2 Å². The molecule has 1 fully saturated rings. The zero-order valence-electron chi connectivity index (χ0n) is 16.1. The molecule has 9 heteroatoms. The molecular formula is C19H26N6O2S. The van der Waals surface area contributed by atoms with Crippen molar-refractivity contribution in [3.05, 3.63) is 48.0 Å². The van der Waals surface area contributed by atoms with Crippen molar-refractivity contribution in [3.63, 3.8) is 0 Å². The van der Waals surface area contributed by atoms with E-state index in [4.69, 9.17) is 17.0 Å². The van der Waals surface area contributed by atoms with Gasteiger partial charge >= 0.3 is 0 Å². The van der Waals surface area contributed by atoms with Crippen molar-refractivity contribution in [2.75, 3.05) is 46.4 Å². The highest BCUT2D eigenvalue weighted by molar-refractivity contribution is 7.71. The quantitative estimate of drug-likeness (QED) is 0.530. The summed E-state index contributed by atoms with van der Waals surface area (Å²) in [6.45, 7) is 8.54. The van der Waals surface area contributed by atoms with Gasteiger partial charge in [-0.3, -0.25) is 19.2 Å². The van der Waals surface area contributed by atoms with E-state index >= 15 is 0 Å². The zero-order valence-corrected chi connectivity index (χ0v) is 16.9. The maximum Gasteiger partial charge on any atom is 0.234 e. The number of rotatable bonds is 8. The van der Waals surface area contributed by atoms with E-state index in [0.29, 0.717) is 24.5 Å². The number of para-hydroxylation sites is 2. The predicted octanol–water partition coefficient (Wildman–Crippen LogP) is 1.29. The molecule has 1 aromatic carbocycles.